The van der Waals surface area contributed by atoms with Crippen LogP contribution >= 0.6 is 0 Å². The molecule has 0 radical (unpaired) electrons. The summed E-state index contributed by atoms with van der Waals surface area (Å²) >= 11 is 0. The predicted molar refractivity (Wildman–Crippen MR) is 54.2 cm³/mol. The Bertz CT molecular complexity index is 181. The molecule has 0 rings (SSSR count). The molecule has 0 N–H and O–H groups in total. The van der Waals surface area contributed by atoms with Crippen LogP contribution in [0.3, 0.4) is 0 Å². The van der Waals surface area contributed by atoms with Crippen molar-refractivity contribution < 1.29 is 9.53 Å². The Balaban J connectivity index is 3.26. The van der Waals surface area contributed by atoms with Crippen LogP contribution in [0.2, 0.25) is 0 Å². The van der Waals surface area contributed by atoms with Gasteiger partial charge in [-0.15, -0.1) is 0 Å². The number of ether oxygens (including phenoxy) is 1. The van der Waals surface area contributed by atoms with Gasteiger partial charge in [0.15, 0.2) is 0 Å². The van der Waals surface area contributed by atoms with Crippen molar-refractivity contribution in [1.29, 1.82) is 0 Å². The first-order chi connectivity index (χ1) is 6.31. The van der Waals surface area contributed by atoms with Gasteiger partial charge < -0.3 is 4.74 Å². The molecular weight excluding hydrogens is 164 g/mol. The predicted octanol–water partition coefficient (Wildman–Crippen LogP) is 3.20. The summed E-state index contributed by atoms with van der Waals surface area (Å²) in [5, 5.41) is 0. The second-order valence-corrected chi connectivity index (χ2v) is 2.72. The highest BCUT2D eigenvalue weighted by atomic mass is 16.5. The molecule has 0 saturated heterocycles. The average molecular weight is 182 g/mol. The summed E-state index contributed by atoms with van der Waals surface area (Å²) in [6.07, 6.45) is 11.1. The molecule has 0 spiro atoms. The van der Waals surface area contributed by atoms with Crippen LogP contribution in [0.15, 0.2) is 24.5 Å². The molecule has 0 amide bonds. The van der Waals surface area contributed by atoms with E-state index >= 15 is 0 Å². The highest BCUT2D eigenvalue weighted by molar-refractivity contribution is 5.69. The van der Waals surface area contributed by atoms with Crippen LogP contribution in [-0.4, -0.2) is 5.97 Å². The monoisotopic (exact) mass is 182 g/mol. The lowest BCUT2D eigenvalue weighted by atomic mass is 10.2. The van der Waals surface area contributed by atoms with Gasteiger partial charge in [-0.05, 0) is 32.3 Å². The number of carbonyl (C=O) groups excluding carboxylic acids is 1. The first-order valence-electron chi connectivity index (χ1n) is 4.77. The second-order valence-electron chi connectivity index (χ2n) is 2.72. The Morgan fingerprint density at radius 2 is 2.00 bits per heavy atom. The third-order valence-corrected chi connectivity index (χ3v) is 1.56. The smallest absolute Gasteiger partial charge is 0.310 e. The van der Waals surface area contributed by atoms with Crippen LogP contribution < -0.4 is 0 Å². The van der Waals surface area contributed by atoms with Crippen molar-refractivity contribution in [1.82, 2.24) is 0 Å². The molecule has 0 aliphatic heterocycles. The largest absolute Gasteiger partial charge is 0.435 e. The fourth-order valence-corrected chi connectivity index (χ4v) is 0.796. The minimum absolute atomic E-state index is 0.176. The summed E-state index contributed by atoms with van der Waals surface area (Å²) in [4.78, 5) is 10.7. The van der Waals surface area contributed by atoms with E-state index in [1.165, 1.54) is 6.26 Å². The normalized spacial score (nSPS) is 11.2. The van der Waals surface area contributed by atoms with Gasteiger partial charge in [-0.1, -0.05) is 19.1 Å². The van der Waals surface area contributed by atoms with E-state index in [4.69, 9.17) is 4.74 Å². The molecule has 0 unspecified atom stereocenters. The van der Waals surface area contributed by atoms with E-state index in [9.17, 15) is 4.79 Å². The maximum atomic E-state index is 10.7. The first-order valence-corrected chi connectivity index (χ1v) is 4.77. The van der Waals surface area contributed by atoms with Crippen molar-refractivity contribution in [2.24, 2.45) is 0 Å². The fourth-order valence-electron chi connectivity index (χ4n) is 0.796. The molecule has 2 heteroatoms. The molecule has 0 aromatic rings. The van der Waals surface area contributed by atoms with E-state index in [1.807, 2.05) is 19.1 Å². The van der Waals surface area contributed by atoms with Crippen LogP contribution in [-0.2, 0) is 9.53 Å². The van der Waals surface area contributed by atoms with E-state index in [0.29, 0.717) is 6.42 Å². The molecule has 0 aliphatic rings. The van der Waals surface area contributed by atoms with Crippen molar-refractivity contribution in [2.45, 2.75) is 39.5 Å². The average Bonchev–Trinajstić information content (AvgIpc) is 2.16. The maximum Gasteiger partial charge on any atom is 0.310 e. The van der Waals surface area contributed by atoms with Crippen molar-refractivity contribution in [3.8, 4) is 0 Å². The molecule has 0 atom stereocenters. The van der Waals surface area contributed by atoms with Crippen LogP contribution in [0.25, 0.3) is 0 Å². The fraction of sp³-hybridized carbons (Fsp3) is 0.545. The van der Waals surface area contributed by atoms with Crippen LogP contribution in [0, 0.1) is 0 Å². The maximum absolute atomic E-state index is 10.7. The molecular formula is C11H18O2. The lowest BCUT2D eigenvalue weighted by Crippen LogP contribution is -1.94. The Labute approximate surface area is 80.3 Å². The van der Waals surface area contributed by atoms with Gasteiger partial charge in [0, 0.05) is 6.42 Å². The number of carbonyl (C=O) groups is 1. The van der Waals surface area contributed by atoms with E-state index in [0.717, 1.165) is 19.3 Å². The molecule has 0 fully saturated rings. The van der Waals surface area contributed by atoms with Gasteiger partial charge in [-0.3, -0.25) is 4.79 Å². The van der Waals surface area contributed by atoms with Crippen molar-refractivity contribution in [2.75, 3.05) is 0 Å². The first kappa shape index (κ1) is 11.9. The third kappa shape index (κ3) is 8.86. The molecule has 74 valence electrons. The Hall–Kier alpha value is -1.05. The van der Waals surface area contributed by atoms with Gasteiger partial charge >= 0.3 is 5.97 Å². The summed E-state index contributed by atoms with van der Waals surface area (Å²) in [5.74, 6) is -0.176. The zero-order valence-electron chi connectivity index (χ0n) is 8.45. The Morgan fingerprint density at radius 1 is 1.31 bits per heavy atom. The zero-order valence-corrected chi connectivity index (χ0v) is 8.45. The quantitative estimate of drug-likeness (QED) is 0.273. The number of rotatable bonds is 6. The lowest BCUT2D eigenvalue weighted by Gasteiger charge is -1.93. The highest BCUT2D eigenvalue weighted by Crippen LogP contribution is 1.98. The number of esters is 1. The topological polar surface area (TPSA) is 26.3 Å². The Kier molecular flexibility index (Phi) is 8.31. The van der Waals surface area contributed by atoms with Crippen LogP contribution in [0.5, 0.6) is 0 Å². The van der Waals surface area contributed by atoms with Gasteiger partial charge in [-0.2, -0.15) is 0 Å². The number of allylic oxidation sites excluding steroid dienone is 3. The SMILES string of the molecule is CC=CCCCC=COC(=O)CC. The molecule has 0 saturated carbocycles. The molecule has 2 nitrogen and oxygen atoms in total. The van der Waals surface area contributed by atoms with Gasteiger partial charge in [0.05, 0.1) is 6.26 Å². The minimum Gasteiger partial charge on any atom is -0.435 e. The molecule has 0 aromatic heterocycles. The van der Waals surface area contributed by atoms with Gasteiger partial charge in [0.2, 0.25) is 0 Å². The van der Waals surface area contributed by atoms with Gasteiger partial charge in [0.1, 0.15) is 0 Å². The Morgan fingerprint density at radius 3 is 2.62 bits per heavy atom. The highest BCUT2D eigenvalue weighted by Gasteiger charge is 1.91. The summed E-state index contributed by atoms with van der Waals surface area (Å²) < 4.78 is 4.76. The number of hydrogen-bond donors (Lipinski definition) is 0. The molecule has 0 bridgehead atoms. The summed E-state index contributed by atoms with van der Waals surface area (Å²) in [5.41, 5.74) is 0. The van der Waals surface area contributed by atoms with Gasteiger partial charge in [-0.25, -0.2) is 0 Å². The summed E-state index contributed by atoms with van der Waals surface area (Å²) in [7, 11) is 0. The molecule has 0 aliphatic carbocycles. The second kappa shape index (κ2) is 9.04. The summed E-state index contributed by atoms with van der Waals surface area (Å²) in [6, 6.07) is 0. The van der Waals surface area contributed by atoms with E-state index < -0.39 is 0 Å². The van der Waals surface area contributed by atoms with Crippen molar-refractivity contribution >= 4 is 5.97 Å². The summed E-state index contributed by atoms with van der Waals surface area (Å²) in [6.45, 7) is 3.79. The third-order valence-electron chi connectivity index (χ3n) is 1.56. The van der Waals surface area contributed by atoms with E-state index in [2.05, 4.69) is 6.08 Å². The lowest BCUT2D eigenvalue weighted by molar-refractivity contribution is -0.137. The van der Waals surface area contributed by atoms with Gasteiger partial charge in [0.25, 0.3) is 0 Å². The van der Waals surface area contributed by atoms with E-state index in [-0.39, 0.29) is 5.97 Å². The van der Waals surface area contributed by atoms with Crippen LogP contribution in [0.1, 0.15) is 39.5 Å². The minimum atomic E-state index is -0.176. The molecule has 0 heterocycles. The van der Waals surface area contributed by atoms with Crippen molar-refractivity contribution in [3.05, 3.63) is 24.5 Å². The van der Waals surface area contributed by atoms with E-state index in [1.54, 1.807) is 6.92 Å². The van der Waals surface area contributed by atoms with Crippen molar-refractivity contribution in [3.63, 3.8) is 0 Å². The molecule has 13 heavy (non-hydrogen) atoms. The number of hydrogen-bond acceptors (Lipinski definition) is 2. The number of unbranched alkanes of at least 4 members (excludes halogenated alkanes) is 2. The zero-order chi connectivity index (χ0) is 9.94. The van der Waals surface area contributed by atoms with Crippen LogP contribution in [0.4, 0.5) is 0 Å². The standard InChI is InChI=1S/C11H18O2/c1-3-5-6-7-8-9-10-13-11(12)4-2/h3,5,9-10H,4,6-8H2,1-2H3. The molecule has 0 aromatic carbocycles.